The lowest BCUT2D eigenvalue weighted by molar-refractivity contribution is -0.136. The SMILES string of the molecule is COc1cc(F)ccc1Nc1nc(CCC(=O)O)cs1. The molecule has 0 amide bonds. The van der Waals surface area contributed by atoms with Crippen molar-refractivity contribution in [1.29, 1.82) is 0 Å². The van der Waals surface area contributed by atoms with E-state index in [1.165, 1.54) is 30.6 Å². The normalized spacial score (nSPS) is 10.3. The van der Waals surface area contributed by atoms with Gasteiger partial charge in [-0.15, -0.1) is 11.3 Å². The minimum Gasteiger partial charge on any atom is -0.494 e. The fraction of sp³-hybridized carbons (Fsp3) is 0.231. The molecule has 2 rings (SSSR count). The number of anilines is 2. The third-order valence-corrected chi connectivity index (χ3v) is 3.36. The van der Waals surface area contributed by atoms with Crippen LogP contribution in [0.4, 0.5) is 15.2 Å². The summed E-state index contributed by atoms with van der Waals surface area (Å²) in [5.74, 6) is -0.853. The second-order valence-electron chi connectivity index (χ2n) is 4.01. The highest BCUT2D eigenvalue weighted by molar-refractivity contribution is 7.13. The Morgan fingerprint density at radius 2 is 2.35 bits per heavy atom. The summed E-state index contributed by atoms with van der Waals surface area (Å²) in [7, 11) is 1.46. The number of aryl methyl sites for hydroxylation is 1. The van der Waals surface area contributed by atoms with Crippen molar-refractivity contribution >= 4 is 28.1 Å². The molecule has 0 atom stereocenters. The van der Waals surface area contributed by atoms with Crippen molar-refractivity contribution < 1.29 is 19.0 Å². The Labute approximate surface area is 119 Å². The zero-order chi connectivity index (χ0) is 14.5. The number of aromatic nitrogens is 1. The van der Waals surface area contributed by atoms with Crippen LogP contribution >= 0.6 is 11.3 Å². The lowest BCUT2D eigenvalue weighted by atomic mass is 10.2. The second-order valence-corrected chi connectivity index (χ2v) is 4.87. The Morgan fingerprint density at radius 1 is 1.55 bits per heavy atom. The number of halogens is 1. The maximum absolute atomic E-state index is 13.1. The monoisotopic (exact) mass is 296 g/mol. The minimum absolute atomic E-state index is 0.0447. The predicted molar refractivity (Wildman–Crippen MR) is 74.3 cm³/mol. The van der Waals surface area contributed by atoms with Crippen LogP contribution in [-0.2, 0) is 11.2 Å². The summed E-state index contributed by atoms with van der Waals surface area (Å²) in [5.41, 5.74) is 1.31. The highest BCUT2D eigenvalue weighted by Crippen LogP contribution is 2.29. The van der Waals surface area contributed by atoms with Gasteiger partial charge in [0.1, 0.15) is 11.6 Å². The van der Waals surface area contributed by atoms with Crippen LogP contribution in [0.5, 0.6) is 5.75 Å². The molecular weight excluding hydrogens is 283 g/mol. The fourth-order valence-electron chi connectivity index (χ4n) is 1.60. The molecule has 0 spiro atoms. The number of rotatable bonds is 6. The third-order valence-electron chi connectivity index (χ3n) is 2.55. The molecule has 0 radical (unpaired) electrons. The molecular formula is C13H13FN2O3S. The molecule has 0 aliphatic heterocycles. The molecule has 7 heteroatoms. The number of ether oxygens (including phenoxy) is 1. The molecule has 0 saturated heterocycles. The average molecular weight is 296 g/mol. The largest absolute Gasteiger partial charge is 0.494 e. The van der Waals surface area contributed by atoms with Crippen LogP contribution < -0.4 is 10.1 Å². The summed E-state index contributed by atoms with van der Waals surface area (Å²) in [6.07, 6.45) is 0.428. The number of benzene rings is 1. The van der Waals surface area contributed by atoms with Gasteiger partial charge in [-0.3, -0.25) is 4.79 Å². The van der Waals surface area contributed by atoms with Crippen molar-refractivity contribution in [3.63, 3.8) is 0 Å². The summed E-state index contributed by atoms with van der Waals surface area (Å²) in [6.45, 7) is 0. The van der Waals surface area contributed by atoms with E-state index >= 15 is 0 Å². The standard InChI is InChI=1S/C13H13FN2O3S/c1-19-11-6-8(14)2-4-10(11)16-13-15-9(7-20-13)3-5-12(17)18/h2,4,6-7H,3,5H2,1H3,(H,15,16)(H,17,18). The third kappa shape index (κ3) is 3.67. The highest BCUT2D eigenvalue weighted by atomic mass is 32.1. The number of thiazole rings is 1. The van der Waals surface area contributed by atoms with E-state index in [0.29, 0.717) is 28.7 Å². The first-order valence-electron chi connectivity index (χ1n) is 5.85. The first-order valence-corrected chi connectivity index (χ1v) is 6.73. The van der Waals surface area contributed by atoms with Gasteiger partial charge >= 0.3 is 5.97 Å². The van der Waals surface area contributed by atoms with Crippen LogP contribution in [0.1, 0.15) is 12.1 Å². The van der Waals surface area contributed by atoms with Crippen molar-refractivity contribution in [2.24, 2.45) is 0 Å². The smallest absolute Gasteiger partial charge is 0.303 e. The molecule has 106 valence electrons. The topological polar surface area (TPSA) is 71.5 Å². The molecule has 1 heterocycles. The molecule has 0 bridgehead atoms. The molecule has 2 aromatic rings. The first kappa shape index (κ1) is 14.3. The number of nitrogens with one attached hydrogen (secondary N) is 1. The van der Waals surface area contributed by atoms with E-state index in [4.69, 9.17) is 9.84 Å². The zero-order valence-corrected chi connectivity index (χ0v) is 11.5. The van der Waals surface area contributed by atoms with Crippen LogP contribution in [0.2, 0.25) is 0 Å². The molecule has 0 unspecified atom stereocenters. The second kappa shape index (κ2) is 6.33. The predicted octanol–water partition coefficient (Wildman–Crippen LogP) is 3.05. The Morgan fingerprint density at radius 3 is 3.05 bits per heavy atom. The van der Waals surface area contributed by atoms with Gasteiger partial charge in [-0.25, -0.2) is 9.37 Å². The van der Waals surface area contributed by atoms with Crippen LogP contribution in [-0.4, -0.2) is 23.2 Å². The van der Waals surface area contributed by atoms with Crippen LogP contribution in [0.3, 0.4) is 0 Å². The van der Waals surface area contributed by atoms with E-state index in [1.54, 1.807) is 11.4 Å². The van der Waals surface area contributed by atoms with Crippen molar-refractivity contribution in [1.82, 2.24) is 4.98 Å². The summed E-state index contributed by atoms with van der Waals surface area (Å²) < 4.78 is 18.2. The van der Waals surface area contributed by atoms with E-state index in [0.717, 1.165) is 0 Å². The van der Waals surface area contributed by atoms with Gasteiger partial charge in [0.05, 0.1) is 24.9 Å². The quantitative estimate of drug-likeness (QED) is 0.857. The number of carboxylic acid groups (broad SMARTS) is 1. The molecule has 2 N–H and O–H groups in total. The highest BCUT2D eigenvalue weighted by Gasteiger charge is 2.08. The van der Waals surface area contributed by atoms with E-state index < -0.39 is 5.97 Å². The van der Waals surface area contributed by atoms with Gasteiger partial charge in [-0.2, -0.15) is 0 Å². The lowest BCUT2D eigenvalue weighted by Crippen LogP contribution is -1.98. The molecule has 0 fully saturated rings. The van der Waals surface area contributed by atoms with Gasteiger partial charge in [-0.05, 0) is 12.1 Å². The first-order chi connectivity index (χ1) is 9.58. The Kier molecular flexibility index (Phi) is 4.52. The van der Waals surface area contributed by atoms with Gasteiger partial charge in [0.2, 0.25) is 0 Å². The van der Waals surface area contributed by atoms with Crippen LogP contribution in [0.25, 0.3) is 0 Å². The van der Waals surface area contributed by atoms with Gasteiger partial charge in [0, 0.05) is 17.9 Å². The Balaban J connectivity index is 2.08. The van der Waals surface area contributed by atoms with Crippen molar-refractivity contribution in [2.75, 3.05) is 12.4 Å². The number of carboxylic acids is 1. The average Bonchev–Trinajstić information content (AvgIpc) is 2.86. The maximum atomic E-state index is 13.1. The number of nitrogens with zero attached hydrogens (tertiary/aromatic N) is 1. The van der Waals surface area contributed by atoms with Crippen LogP contribution in [0, 0.1) is 5.82 Å². The van der Waals surface area contributed by atoms with Gasteiger partial charge in [-0.1, -0.05) is 0 Å². The molecule has 0 aliphatic carbocycles. The zero-order valence-electron chi connectivity index (χ0n) is 10.7. The molecule has 0 saturated carbocycles. The summed E-state index contributed by atoms with van der Waals surface area (Å²) in [5, 5.41) is 14.0. The number of carbonyl (C=O) groups is 1. The number of aliphatic carboxylic acids is 1. The van der Waals surface area contributed by atoms with E-state index in [2.05, 4.69) is 10.3 Å². The molecule has 0 aliphatic rings. The van der Waals surface area contributed by atoms with Gasteiger partial charge in [0.15, 0.2) is 5.13 Å². The van der Waals surface area contributed by atoms with E-state index in [-0.39, 0.29) is 12.2 Å². The summed E-state index contributed by atoms with van der Waals surface area (Å²) in [4.78, 5) is 14.8. The maximum Gasteiger partial charge on any atom is 0.303 e. The van der Waals surface area contributed by atoms with Crippen molar-refractivity contribution in [2.45, 2.75) is 12.8 Å². The van der Waals surface area contributed by atoms with Gasteiger partial charge < -0.3 is 15.2 Å². The summed E-state index contributed by atoms with van der Waals surface area (Å²) in [6, 6.07) is 4.16. The molecule has 20 heavy (non-hydrogen) atoms. The number of methoxy groups -OCH3 is 1. The lowest BCUT2D eigenvalue weighted by Gasteiger charge is -2.08. The molecule has 1 aromatic carbocycles. The molecule has 5 nitrogen and oxygen atoms in total. The Bertz CT molecular complexity index is 615. The number of hydrogen-bond acceptors (Lipinski definition) is 5. The van der Waals surface area contributed by atoms with Crippen molar-refractivity contribution in [3.05, 3.63) is 35.1 Å². The summed E-state index contributed by atoms with van der Waals surface area (Å²) >= 11 is 1.35. The van der Waals surface area contributed by atoms with Crippen LogP contribution in [0.15, 0.2) is 23.6 Å². The van der Waals surface area contributed by atoms with Gasteiger partial charge in [0.25, 0.3) is 0 Å². The fourth-order valence-corrected chi connectivity index (χ4v) is 2.35. The number of hydrogen-bond donors (Lipinski definition) is 2. The minimum atomic E-state index is -0.854. The van der Waals surface area contributed by atoms with E-state index in [9.17, 15) is 9.18 Å². The van der Waals surface area contributed by atoms with Crippen molar-refractivity contribution in [3.8, 4) is 5.75 Å². The Hall–Kier alpha value is -2.15. The van der Waals surface area contributed by atoms with E-state index in [1.807, 2.05) is 0 Å². The molecule has 1 aromatic heterocycles.